The molecule has 1 aliphatic heterocycles. The van der Waals surface area contributed by atoms with Gasteiger partial charge in [0.05, 0.1) is 12.5 Å². The molecule has 1 saturated heterocycles. The lowest BCUT2D eigenvalue weighted by Gasteiger charge is -2.22. The first-order valence-corrected chi connectivity index (χ1v) is 6.77. The number of carbonyl (C=O) groups excluding carboxylic acids is 2. The Morgan fingerprint density at radius 3 is 2.74 bits per heavy atom. The van der Waals surface area contributed by atoms with Crippen LogP contribution in [-0.4, -0.2) is 63.7 Å². The van der Waals surface area contributed by atoms with Gasteiger partial charge in [-0.25, -0.2) is 0 Å². The Bertz CT molecular complexity index is 310. The van der Waals surface area contributed by atoms with E-state index in [0.717, 1.165) is 13.0 Å². The second kappa shape index (κ2) is 8.12. The molecule has 0 spiro atoms. The minimum Gasteiger partial charge on any atom is -0.385 e. The molecule has 2 N–H and O–H groups in total. The van der Waals surface area contributed by atoms with Crippen LogP contribution in [0.5, 0.6) is 0 Å². The van der Waals surface area contributed by atoms with E-state index >= 15 is 0 Å². The molecule has 0 bridgehead atoms. The third kappa shape index (κ3) is 5.16. The van der Waals surface area contributed by atoms with E-state index < -0.39 is 0 Å². The van der Waals surface area contributed by atoms with E-state index in [1.165, 1.54) is 4.90 Å². The summed E-state index contributed by atoms with van der Waals surface area (Å²) in [6.45, 7) is 4.96. The lowest BCUT2D eigenvalue weighted by Crippen LogP contribution is -2.42. The minimum atomic E-state index is -0.120. The molecule has 6 nitrogen and oxygen atoms in total. The first-order chi connectivity index (χ1) is 9.06. The zero-order valence-corrected chi connectivity index (χ0v) is 12.1. The minimum absolute atomic E-state index is 0.00806. The van der Waals surface area contributed by atoms with Gasteiger partial charge in [-0.3, -0.25) is 9.59 Å². The zero-order chi connectivity index (χ0) is 14.3. The van der Waals surface area contributed by atoms with Gasteiger partial charge < -0.3 is 20.3 Å². The summed E-state index contributed by atoms with van der Waals surface area (Å²) in [6, 6.07) is 0. The number of hydrogen-bond donors (Lipinski definition) is 2. The normalized spacial score (nSPS) is 22.3. The van der Waals surface area contributed by atoms with Crippen molar-refractivity contribution in [1.82, 2.24) is 15.5 Å². The maximum Gasteiger partial charge on any atom is 0.239 e. The smallest absolute Gasteiger partial charge is 0.239 e. The summed E-state index contributed by atoms with van der Waals surface area (Å²) in [4.78, 5) is 25.3. The van der Waals surface area contributed by atoms with Crippen molar-refractivity contribution in [3.05, 3.63) is 0 Å². The van der Waals surface area contributed by atoms with Crippen LogP contribution in [0.2, 0.25) is 0 Å². The van der Waals surface area contributed by atoms with Crippen LogP contribution in [0.1, 0.15) is 13.3 Å². The maximum absolute atomic E-state index is 12.2. The summed E-state index contributed by atoms with van der Waals surface area (Å²) in [5, 5.41) is 5.97. The number of amides is 2. The molecular formula is C13H25N3O3. The first kappa shape index (κ1) is 15.9. The number of rotatable bonds is 7. The molecule has 0 aromatic rings. The Morgan fingerprint density at radius 1 is 1.42 bits per heavy atom. The third-order valence-electron chi connectivity index (χ3n) is 3.44. The molecule has 19 heavy (non-hydrogen) atoms. The molecule has 1 heterocycles. The fraction of sp³-hybridized carbons (Fsp3) is 0.846. The first-order valence-electron chi connectivity index (χ1n) is 6.77. The Morgan fingerprint density at radius 2 is 2.16 bits per heavy atom. The molecule has 0 aromatic carbocycles. The average Bonchev–Trinajstić information content (AvgIpc) is 2.80. The third-order valence-corrected chi connectivity index (χ3v) is 3.44. The van der Waals surface area contributed by atoms with E-state index in [1.54, 1.807) is 14.2 Å². The maximum atomic E-state index is 12.2. The highest BCUT2D eigenvalue weighted by atomic mass is 16.5. The quantitative estimate of drug-likeness (QED) is 0.610. The van der Waals surface area contributed by atoms with Gasteiger partial charge in [-0.05, 0) is 18.9 Å². The molecule has 1 rings (SSSR count). The predicted molar refractivity (Wildman–Crippen MR) is 72.7 cm³/mol. The van der Waals surface area contributed by atoms with E-state index in [-0.39, 0.29) is 24.3 Å². The second-order valence-corrected chi connectivity index (χ2v) is 5.13. The summed E-state index contributed by atoms with van der Waals surface area (Å²) < 4.78 is 4.90. The van der Waals surface area contributed by atoms with Crippen molar-refractivity contribution >= 4 is 11.8 Å². The number of nitrogens with zero attached hydrogens (tertiary/aromatic N) is 1. The highest BCUT2D eigenvalue weighted by molar-refractivity contribution is 5.86. The molecule has 1 fully saturated rings. The van der Waals surface area contributed by atoms with Gasteiger partial charge in [0.2, 0.25) is 11.8 Å². The average molecular weight is 271 g/mol. The van der Waals surface area contributed by atoms with Gasteiger partial charge in [-0.1, -0.05) is 6.92 Å². The van der Waals surface area contributed by atoms with Gasteiger partial charge in [0, 0.05) is 33.9 Å². The number of likely N-dealkylation sites (N-methyl/N-ethyl adjacent to an activating group) is 1. The fourth-order valence-corrected chi connectivity index (χ4v) is 2.22. The van der Waals surface area contributed by atoms with Crippen molar-refractivity contribution in [3.63, 3.8) is 0 Å². The lowest BCUT2D eigenvalue weighted by molar-refractivity contribution is -0.138. The molecule has 0 saturated carbocycles. The molecule has 1 aliphatic rings. The van der Waals surface area contributed by atoms with Crippen LogP contribution in [0.25, 0.3) is 0 Å². The van der Waals surface area contributed by atoms with Crippen molar-refractivity contribution in [2.75, 3.05) is 46.9 Å². The van der Waals surface area contributed by atoms with Gasteiger partial charge in [-0.15, -0.1) is 0 Å². The van der Waals surface area contributed by atoms with E-state index in [1.807, 2.05) is 0 Å². The number of carbonyl (C=O) groups is 2. The molecule has 6 heteroatoms. The number of ether oxygens (including phenoxy) is 1. The zero-order valence-electron chi connectivity index (χ0n) is 12.1. The van der Waals surface area contributed by atoms with E-state index in [9.17, 15) is 9.59 Å². The van der Waals surface area contributed by atoms with Gasteiger partial charge in [0.1, 0.15) is 0 Å². The van der Waals surface area contributed by atoms with Gasteiger partial charge >= 0.3 is 0 Å². The van der Waals surface area contributed by atoms with Crippen LogP contribution in [-0.2, 0) is 14.3 Å². The number of nitrogens with one attached hydrogen (secondary N) is 2. The van der Waals surface area contributed by atoms with Crippen LogP contribution in [0.4, 0.5) is 0 Å². The van der Waals surface area contributed by atoms with E-state index in [2.05, 4.69) is 17.6 Å². The Hall–Kier alpha value is -1.14. The van der Waals surface area contributed by atoms with Gasteiger partial charge in [-0.2, -0.15) is 0 Å². The monoisotopic (exact) mass is 271 g/mol. The standard InChI is InChI=1S/C13H25N3O3/c1-10-7-14-8-11(10)13(18)16(2)9-12(17)15-5-4-6-19-3/h10-11,14H,4-9H2,1-3H3,(H,15,17). The molecule has 0 aliphatic carbocycles. The van der Waals surface area contributed by atoms with Crippen molar-refractivity contribution in [2.24, 2.45) is 11.8 Å². The summed E-state index contributed by atoms with van der Waals surface area (Å²) in [6.07, 6.45) is 0.781. The Kier molecular flexibility index (Phi) is 6.80. The molecule has 0 radical (unpaired) electrons. The van der Waals surface area contributed by atoms with Crippen LogP contribution in [0.15, 0.2) is 0 Å². The Labute approximate surface area is 114 Å². The SMILES string of the molecule is COCCCNC(=O)CN(C)C(=O)C1CNCC1C. The Balaban J connectivity index is 2.27. The number of hydrogen-bond acceptors (Lipinski definition) is 4. The molecule has 2 amide bonds. The highest BCUT2D eigenvalue weighted by Gasteiger charge is 2.31. The summed E-state index contributed by atoms with van der Waals surface area (Å²) in [7, 11) is 3.31. The molecule has 110 valence electrons. The second-order valence-electron chi connectivity index (χ2n) is 5.13. The van der Waals surface area contributed by atoms with Crippen LogP contribution < -0.4 is 10.6 Å². The van der Waals surface area contributed by atoms with Crippen molar-refractivity contribution in [2.45, 2.75) is 13.3 Å². The largest absolute Gasteiger partial charge is 0.385 e. The van der Waals surface area contributed by atoms with Crippen molar-refractivity contribution in [3.8, 4) is 0 Å². The van der Waals surface area contributed by atoms with Crippen LogP contribution in [0.3, 0.4) is 0 Å². The predicted octanol–water partition coefficient (Wildman–Crippen LogP) is -0.547. The fourth-order valence-electron chi connectivity index (χ4n) is 2.22. The van der Waals surface area contributed by atoms with Crippen molar-refractivity contribution < 1.29 is 14.3 Å². The number of methoxy groups -OCH3 is 1. The highest BCUT2D eigenvalue weighted by Crippen LogP contribution is 2.17. The van der Waals surface area contributed by atoms with Crippen molar-refractivity contribution in [1.29, 1.82) is 0 Å². The summed E-state index contributed by atoms with van der Waals surface area (Å²) in [5.74, 6) is 0.251. The van der Waals surface area contributed by atoms with E-state index in [0.29, 0.717) is 25.6 Å². The molecular weight excluding hydrogens is 246 g/mol. The topological polar surface area (TPSA) is 70.7 Å². The van der Waals surface area contributed by atoms with Gasteiger partial charge in [0.25, 0.3) is 0 Å². The van der Waals surface area contributed by atoms with Crippen LogP contribution in [0, 0.1) is 11.8 Å². The lowest BCUT2D eigenvalue weighted by atomic mass is 9.97. The summed E-state index contributed by atoms with van der Waals surface area (Å²) >= 11 is 0. The van der Waals surface area contributed by atoms with Gasteiger partial charge in [0.15, 0.2) is 0 Å². The summed E-state index contributed by atoms with van der Waals surface area (Å²) in [5.41, 5.74) is 0. The van der Waals surface area contributed by atoms with E-state index in [4.69, 9.17) is 4.74 Å². The molecule has 0 aromatic heterocycles. The van der Waals surface area contributed by atoms with Crippen LogP contribution >= 0.6 is 0 Å². The molecule has 2 unspecified atom stereocenters. The molecule has 2 atom stereocenters.